The monoisotopic (exact) mass is 288 g/mol. The molecule has 1 amide bonds. The first-order valence-electron chi connectivity index (χ1n) is 6.79. The molecule has 0 saturated carbocycles. The predicted octanol–water partition coefficient (Wildman–Crippen LogP) is 2.35. The van der Waals surface area contributed by atoms with Crippen molar-refractivity contribution in [2.45, 2.75) is 12.8 Å². The average Bonchev–Trinajstić information content (AvgIpc) is 2.51. The van der Waals surface area contributed by atoms with E-state index in [-0.39, 0.29) is 18.3 Å². The molecule has 0 radical (unpaired) electrons. The predicted molar refractivity (Wildman–Crippen MR) is 77.5 cm³/mol. The van der Waals surface area contributed by atoms with Crippen LogP contribution in [0.2, 0.25) is 0 Å². The van der Waals surface area contributed by atoms with Gasteiger partial charge in [0.05, 0.1) is 0 Å². The van der Waals surface area contributed by atoms with Crippen LogP contribution in [0.4, 0.5) is 4.39 Å². The summed E-state index contributed by atoms with van der Waals surface area (Å²) < 4.78 is 18.1. The van der Waals surface area contributed by atoms with E-state index in [0.717, 1.165) is 18.5 Å². The van der Waals surface area contributed by atoms with Gasteiger partial charge in [-0.15, -0.1) is 0 Å². The standard InChI is InChI=1S/C16H17FN2O2/c17-13-5-3-8-15(11-13)21-12-16(20)19-10-4-7-14-6-1-2-9-18-14/h1-3,5-6,8-9,11H,4,7,10,12H2,(H,19,20). The molecule has 21 heavy (non-hydrogen) atoms. The highest BCUT2D eigenvalue weighted by atomic mass is 19.1. The van der Waals surface area contributed by atoms with E-state index in [0.29, 0.717) is 12.3 Å². The van der Waals surface area contributed by atoms with Crippen LogP contribution in [-0.4, -0.2) is 24.0 Å². The van der Waals surface area contributed by atoms with E-state index in [1.165, 1.54) is 18.2 Å². The van der Waals surface area contributed by atoms with Gasteiger partial charge < -0.3 is 10.1 Å². The van der Waals surface area contributed by atoms with Crippen molar-refractivity contribution in [3.63, 3.8) is 0 Å². The summed E-state index contributed by atoms with van der Waals surface area (Å²) in [5.41, 5.74) is 1.00. The maximum absolute atomic E-state index is 12.9. The second-order valence-corrected chi connectivity index (χ2v) is 4.52. The van der Waals surface area contributed by atoms with Gasteiger partial charge in [-0.3, -0.25) is 9.78 Å². The minimum Gasteiger partial charge on any atom is -0.484 e. The molecule has 2 rings (SSSR count). The molecule has 1 heterocycles. The summed E-state index contributed by atoms with van der Waals surface area (Å²) in [5.74, 6) is -0.262. The van der Waals surface area contributed by atoms with Crippen molar-refractivity contribution in [3.8, 4) is 5.75 Å². The largest absolute Gasteiger partial charge is 0.484 e. The van der Waals surface area contributed by atoms with E-state index in [1.807, 2.05) is 18.2 Å². The quantitative estimate of drug-likeness (QED) is 0.796. The Hall–Kier alpha value is -2.43. The fourth-order valence-corrected chi connectivity index (χ4v) is 1.80. The number of aryl methyl sites for hydroxylation is 1. The Morgan fingerprint density at radius 3 is 2.90 bits per heavy atom. The zero-order valence-corrected chi connectivity index (χ0v) is 11.6. The molecule has 0 fully saturated rings. The van der Waals surface area contributed by atoms with Crippen LogP contribution in [0.5, 0.6) is 5.75 Å². The fourth-order valence-electron chi connectivity index (χ4n) is 1.80. The summed E-state index contributed by atoms with van der Waals surface area (Å²) in [5, 5.41) is 2.75. The molecule has 1 aromatic heterocycles. The summed E-state index contributed by atoms with van der Waals surface area (Å²) in [6.07, 6.45) is 3.37. The van der Waals surface area contributed by atoms with Crippen LogP contribution in [0.3, 0.4) is 0 Å². The van der Waals surface area contributed by atoms with Crippen molar-refractivity contribution in [2.75, 3.05) is 13.2 Å². The lowest BCUT2D eigenvalue weighted by molar-refractivity contribution is -0.123. The maximum Gasteiger partial charge on any atom is 0.257 e. The number of amides is 1. The molecule has 0 aliphatic carbocycles. The zero-order chi connectivity index (χ0) is 14.9. The van der Waals surface area contributed by atoms with Crippen molar-refractivity contribution in [3.05, 3.63) is 60.2 Å². The summed E-state index contributed by atoms with van der Waals surface area (Å²) >= 11 is 0. The number of hydrogen-bond donors (Lipinski definition) is 1. The number of ether oxygens (including phenoxy) is 1. The molecule has 1 N–H and O–H groups in total. The number of carbonyl (C=O) groups excluding carboxylic acids is 1. The summed E-state index contributed by atoms with van der Waals surface area (Å²) in [7, 11) is 0. The first kappa shape index (κ1) is 15.0. The topological polar surface area (TPSA) is 51.2 Å². The van der Waals surface area contributed by atoms with Crippen molar-refractivity contribution >= 4 is 5.91 Å². The number of carbonyl (C=O) groups is 1. The van der Waals surface area contributed by atoms with Crippen LogP contribution >= 0.6 is 0 Å². The number of aromatic nitrogens is 1. The number of benzene rings is 1. The molecule has 0 saturated heterocycles. The molecule has 0 aliphatic rings. The van der Waals surface area contributed by atoms with E-state index in [4.69, 9.17) is 4.74 Å². The number of nitrogens with zero attached hydrogens (tertiary/aromatic N) is 1. The molecule has 2 aromatic rings. The number of rotatable bonds is 7. The SMILES string of the molecule is O=C(COc1cccc(F)c1)NCCCc1ccccn1. The van der Waals surface area contributed by atoms with Gasteiger partial charge >= 0.3 is 0 Å². The molecule has 0 aliphatic heterocycles. The Balaban J connectivity index is 1.62. The first-order chi connectivity index (χ1) is 10.2. The van der Waals surface area contributed by atoms with Crippen LogP contribution in [0.1, 0.15) is 12.1 Å². The minimum absolute atomic E-state index is 0.118. The summed E-state index contributed by atoms with van der Waals surface area (Å²) in [6, 6.07) is 11.5. The third-order valence-electron chi connectivity index (χ3n) is 2.82. The highest BCUT2D eigenvalue weighted by Gasteiger charge is 2.03. The van der Waals surface area contributed by atoms with Crippen LogP contribution < -0.4 is 10.1 Å². The Morgan fingerprint density at radius 1 is 1.24 bits per heavy atom. The van der Waals surface area contributed by atoms with Gasteiger partial charge in [0.2, 0.25) is 0 Å². The summed E-state index contributed by atoms with van der Waals surface area (Å²) in [4.78, 5) is 15.8. The third kappa shape index (κ3) is 5.60. The van der Waals surface area contributed by atoms with Gasteiger partial charge in [0.15, 0.2) is 6.61 Å². The first-order valence-corrected chi connectivity index (χ1v) is 6.79. The lowest BCUT2D eigenvalue weighted by atomic mass is 10.2. The lowest BCUT2D eigenvalue weighted by Crippen LogP contribution is -2.29. The van der Waals surface area contributed by atoms with E-state index >= 15 is 0 Å². The number of nitrogens with one attached hydrogen (secondary N) is 1. The molecule has 0 atom stereocenters. The molecule has 0 spiro atoms. The number of halogens is 1. The van der Waals surface area contributed by atoms with Crippen molar-refractivity contribution < 1.29 is 13.9 Å². The Morgan fingerprint density at radius 2 is 2.14 bits per heavy atom. The van der Waals surface area contributed by atoms with Crippen molar-refractivity contribution in [2.24, 2.45) is 0 Å². The van der Waals surface area contributed by atoms with Crippen LogP contribution in [0, 0.1) is 5.82 Å². The molecular weight excluding hydrogens is 271 g/mol. The normalized spacial score (nSPS) is 10.1. The molecule has 5 heteroatoms. The minimum atomic E-state index is -0.386. The van der Waals surface area contributed by atoms with E-state index in [1.54, 1.807) is 12.3 Å². The summed E-state index contributed by atoms with van der Waals surface area (Å²) in [6.45, 7) is 0.439. The number of hydrogen-bond acceptors (Lipinski definition) is 3. The van der Waals surface area contributed by atoms with Crippen LogP contribution in [0.15, 0.2) is 48.7 Å². The Bertz CT molecular complexity index is 575. The van der Waals surface area contributed by atoms with Crippen molar-refractivity contribution in [1.82, 2.24) is 10.3 Å². The molecule has 4 nitrogen and oxygen atoms in total. The molecular formula is C16H17FN2O2. The zero-order valence-electron chi connectivity index (χ0n) is 11.6. The Kier molecular flexibility index (Phi) is 5.70. The smallest absolute Gasteiger partial charge is 0.257 e. The van der Waals surface area contributed by atoms with Gasteiger partial charge in [0, 0.05) is 24.5 Å². The van der Waals surface area contributed by atoms with Crippen LogP contribution in [-0.2, 0) is 11.2 Å². The van der Waals surface area contributed by atoms with E-state index in [9.17, 15) is 9.18 Å². The van der Waals surface area contributed by atoms with Crippen molar-refractivity contribution in [1.29, 1.82) is 0 Å². The fraction of sp³-hybridized carbons (Fsp3) is 0.250. The molecule has 0 unspecified atom stereocenters. The second-order valence-electron chi connectivity index (χ2n) is 4.52. The van der Waals surface area contributed by atoms with Gasteiger partial charge in [-0.1, -0.05) is 12.1 Å². The van der Waals surface area contributed by atoms with Gasteiger partial charge in [0.1, 0.15) is 11.6 Å². The second kappa shape index (κ2) is 7.99. The highest BCUT2D eigenvalue weighted by molar-refractivity contribution is 5.77. The van der Waals surface area contributed by atoms with E-state index in [2.05, 4.69) is 10.3 Å². The lowest BCUT2D eigenvalue weighted by Gasteiger charge is -2.07. The average molecular weight is 288 g/mol. The van der Waals surface area contributed by atoms with Gasteiger partial charge in [-0.05, 0) is 37.1 Å². The van der Waals surface area contributed by atoms with Crippen LogP contribution in [0.25, 0.3) is 0 Å². The van der Waals surface area contributed by atoms with Gasteiger partial charge in [-0.2, -0.15) is 0 Å². The van der Waals surface area contributed by atoms with E-state index < -0.39 is 0 Å². The molecule has 1 aromatic carbocycles. The molecule has 110 valence electrons. The van der Waals surface area contributed by atoms with Gasteiger partial charge in [0.25, 0.3) is 5.91 Å². The molecule has 0 bridgehead atoms. The number of pyridine rings is 1. The Labute approximate surface area is 123 Å². The maximum atomic E-state index is 12.9. The third-order valence-corrected chi connectivity index (χ3v) is 2.82. The van der Waals surface area contributed by atoms with Gasteiger partial charge in [-0.25, -0.2) is 4.39 Å². The highest BCUT2D eigenvalue weighted by Crippen LogP contribution is 2.11.